The van der Waals surface area contributed by atoms with E-state index in [9.17, 15) is 0 Å². The van der Waals surface area contributed by atoms with Gasteiger partial charge in [0.1, 0.15) is 6.79 Å². The predicted molar refractivity (Wildman–Crippen MR) is 39.9 cm³/mol. The fraction of sp³-hybridized carbons (Fsp3) is 0.556. The van der Waals surface area contributed by atoms with Crippen molar-refractivity contribution >= 4 is 0 Å². The molecule has 0 aromatic rings. The van der Waals surface area contributed by atoms with Gasteiger partial charge in [0.15, 0.2) is 0 Å². The van der Waals surface area contributed by atoms with Crippen molar-refractivity contribution in [2.24, 2.45) is 11.8 Å². The number of ether oxygens (including phenoxy) is 2. The van der Waals surface area contributed by atoms with E-state index in [-0.39, 0.29) is 0 Å². The molecule has 4 unspecified atom stereocenters. The molecule has 2 heteroatoms. The molecule has 0 aromatic carbocycles. The van der Waals surface area contributed by atoms with Crippen molar-refractivity contribution in [3.05, 3.63) is 24.3 Å². The Hall–Kier alpha value is -0.600. The number of rotatable bonds is 0. The third kappa shape index (κ3) is 0.638. The zero-order valence-electron chi connectivity index (χ0n) is 6.14. The molecule has 0 bridgehead atoms. The van der Waals surface area contributed by atoms with Gasteiger partial charge in [0, 0.05) is 11.8 Å². The van der Waals surface area contributed by atoms with Crippen molar-refractivity contribution in [1.29, 1.82) is 0 Å². The summed E-state index contributed by atoms with van der Waals surface area (Å²) >= 11 is 0. The van der Waals surface area contributed by atoms with E-state index >= 15 is 0 Å². The largest absolute Gasteiger partial charge is 0.349 e. The second kappa shape index (κ2) is 1.96. The number of hydrogen-bond donors (Lipinski definition) is 0. The molecule has 1 heterocycles. The van der Waals surface area contributed by atoms with Gasteiger partial charge >= 0.3 is 0 Å². The third-order valence-corrected chi connectivity index (χ3v) is 2.83. The normalized spacial score (nSPS) is 51.6. The maximum atomic E-state index is 5.41. The molecule has 0 amide bonds. The molecular weight excluding hydrogens is 140 g/mol. The minimum absolute atomic E-state index is 0.348. The highest BCUT2D eigenvalue weighted by Gasteiger charge is 2.53. The Morgan fingerprint density at radius 2 is 1.45 bits per heavy atom. The van der Waals surface area contributed by atoms with E-state index in [1.165, 1.54) is 0 Å². The van der Waals surface area contributed by atoms with Crippen LogP contribution < -0.4 is 0 Å². The number of hydrogen-bond acceptors (Lipinski definition) is 2. The van der Waals surface area contributed by atoms with E-state index in [1.807, 2.05) is 0 Å². The van der Waals surface area contributed by atoms with Crippen LogP contribution in [0.4, 0.5) is 0 Å². The van der Waals surface area contributed by atoms with Gasteiger partial charge in [-0.25, -0.2) is 0 Å². The molecule has 1 saturated heterocycles. The van der Waals surface area contributed by atoms with Crippen LogP contribution in [0.3, 0.4) is 0 Å². The zero-order chi connectivity index (χ0) is 7.26. The van der Waals surface area contributed by atoms with Crippen LogP contribution in [0.5, 0.6) is 0 Å². The summed E-state index contributed by atoms with van der Waals surface area (Å²) in [5.74, 6) is 1.18. The second-order valence-corrected chi connectivity index (χ2v) is 3.30. The summed E-state index contributed by atoms with van der Waals surface area (Å²) in [6, 6.07) is 0. The van der Waals surface area contributed by atoms with Crippen LogP contribution in [0.15, 0.2) is 24.3 Å². The molecule has 3 aliphatic rings. The summed E-state index contributed by atoms with van der Waals surface area (Å²) in [4.78, 5) is 0. The topological polar surface area (TPSA) is 18.5 Å². The second-order valence-electron chi connectivity index (χ2n) is 3.30. The van der Waals surface area contributed by atoms with Crippen LogP contribution in [-0.2, 0) is 9.47 Å². The Morgan fingerprint density at radius 1 is 0.909 bits per heavy atom. The van der Waals surface area contributed by atoms with Crippen molar-refractivity contribution in [2.45, 2.75) is 12.2 Å². The average Bonchev–Trinajstić information content (AvgIpc) is 2.44. The van der Waals surface area contributed by atoms with Gasteiger partial charge < -0.3 is 9.47 Å². The summed E-state index contributed by atoms with van der Waals surface area (Å²) in [5, 5.41) is 0. The van der Waals surface area contributed by atoms with Gasteiger partial charge in [-0.15, -0.1) is 0 Å². The van der Waals surface area contributed by atoms with Crippen molar-refractivity contribution in [3.63, 3.8) is 0 Å². The monoisotopic (exact) mass is 150 g/mol. The smallest absolute Gasteiger partial charge is 0.147 e. The fourth-order valence-electron chi connectivity index (χ4n) is 2.20. The molecule has 2 nitrogen and oxygen atoms in total. The zero-order valence-corrected chi connectivity index (χ0v) is 6.14. The summed E-state index contributed by atoms with van der Waals surface area (Å²) in [6.07, 6.45) is 9.33. The molecule has 0 spiro atoms. The minimum atomic E-state index is 0.348. The van der Waals surface area contributed by atoms with Crippen LogP contribution >= 0.6 is 0 Å². The summed E-state index contributed by atoms with van der Waals surface area (Å²) < 4.78 is 10.8. The first-order valence-electron chi connectivity index (χ1n) is 4.05. The lowest BCUT2D eigenvalue weighted by atomic mass is 9.67. The lowest BCUT2D eigenvalue weighted by Gasteiger charge is -2.44. The molecular formula is C9H10O2. The van der Waals surface area contributed by atoms with Gasteiger partial charge in [-0.05, 0) is 0 Å². The van der Waals surface area contributed by atoms with E-state index in [4.69, 9.17) is 9.47 Å². The molecule has 0 N–H and O–H groups in total. The highest BCUT2D eigenvalue weighted by atomic mass is 16.7. The molecule has 3 rings (SSSR count). The van der Waals surface area contributed by atoms with Crippen molar-refractivity contribution in [1.82, 2.24) is 0 Å². The highest BCUT2D eigenvalue weighted by Crippen LogP contribution is 2.45. The SMILES string of the molecule is C1=CC2C(C=C1)C1OCOC21. The first-order valence-corrected chi connectivity index (χ1v) is 4.05. The Kier molecular flexibility index (Phi) is 1.06. The Labute approximate surface area is 65.5 Å². The van der Waals surface area contributed by atoms with Crippen LogP contribution in [-0.4, -0.2) is 19.0 Å². The molecule has 2 fully saturated rings. The van der Waals surface area contributed by atoms with E-state index in [2.05, 4.69) is 24.3 Å². The Balaban J connectivity index is 1.90. The average molecular weight is 150 g/mol. The van der Waals surface area contributed by atoms with Gasteiger partial charge in [-0.3, -0.25) is 0 Å². The van der Waals surface area contributed by atoms with Crippen molar-refractivity contribution in [2.75, 3.05) is 6.79 Å². The van der Waals surface area contributed by atoms with Crippen LogP contribution in [0.1, 0.15) is 0 Å². The predicted octanol–water partition coefficient (Wildman–Crippen LogP) is 1.10. The Bertz CT molecular complexity index is 208. The summed E-state index contributed by atoms with van der Waals surface area (Å²) in [5.41, 5.74) is 0. The number of allylic oxidation sites excluding steroid dienone is 2. The van der Waals surface area contributed by atoms with Gasteiger partial charge in [0.05, 0.1) is 12.2 Å². The number of fused-ring (bicyclic) bond motifs is 4. The van der Waals surface area contributed by atoms with Crippen LogP contribution in [0.25, 0.3) is 0 Å². The van der Waals surface area contributed by atoms with Crippen molar-refractivity contribution < 1.29 is 9.47 Å². The maximum absolute atomic E-state index is 5.41. The molecule has 58 valence electrons. The molecule has 1 saturated carbocycles. The van der Waals surface area contributed by atoms with Crippen LogP contribution in [0, 0.1) is 11.8 Å². The Morgan fingerprint density at radius 3 is 2.00 bits per heavy atom. The molecule has 0 radical (unpaired) electrons. The lowest BCUT2D eigenvalue weighted by Crippen LogP contribution is -2.52. The fourth-order valence-corrected chi connectivity index (χ4v) is 2.20. The van der Waals surface area contributed by atoms with Gasteiger partial charge in [0.25, 0.3) is 0 Å². The standard InChI is InChI=1S/C9H10O2/c1-2-4-7-6(3-1)8-9(7)11-5-10-8/h1-4,6-9H,5H2. The van der Waals surface area contributed by atoms with Crippen molar-refractivity contribution in [3.8, 4) is 0 Å². The van der Waals surface area contributed by atoms with E-state index in [0.29, 0.717) is 30.8 Å². The van der Waals surface area contributed by atoms with Gasteiger partial charge in [-0.2, -0.15) is 0 Å². The third-order valence-electron chi connectivity index (χ3n) is 2.83. The molecule has 0 aromatic heterocycles. The quantitative estimate of drug-likeness (QED) is 0.514. The minimum Gasteiger partial charge on any atom is -0.349 e. The molecule has 2 aliphatic carbocycles. The van der Waals surface area contributed by atoms with E-state index in [1.54, 1.807) is 0 Å². The molecule has 4 atom stereocenters. The summed E-state index contributed by atoms with van der Waals surface area (Å²) in [6.45, 7) is 0.490. The lowest BCUT2D eigenvalue weighted by molar-refractivity contribution is -0.0268. The molecule has 1 aliphatic heterocycles. The first-order chi connectivity index (χ1) is 5.47. The van der Waals surface area contributed by atoms with Gasteiger partial charge in [-0.1, -0.05) is 24.3 Å². The highest BCUT2D eigenvalue weighted by molar-refractivity contribution is 5.24. The summed E-state index contributed by atoms with van der Waals surface area (Å²) in [7, 11) is 0. The van der Waals surface area contributed by atoms with E-state index < -0.39 is 0 Å². The first kappa shape index (κ1) is 5.98. The molecule has 11 heavy (non-hydrogen) atoms. The van der Waals surface area contributed by atoms with Gasteiger partial charge in [0.2, 0.25) is 0 Å². The van der Waals surface area contributed by atoms with E-state index in [0.717, 1.165) is 0 Å². The van der Waals surface area contributed by atoms with Crippen LogP contribution in [0.2, 0.25) is 0 Å². The maximum Gasteiger partial charge on any atom is 0.147 e.